The van der Waals surface area contributed by atoms with E-state index in [-0.39, 0.29) is 10.7 Å². The number of hydrogen-bond donors (Lipinski definition) is 1. The second kappa shape index (κ2) is 8.18. The maximum absolute atomic E-state index is 12.8. The van der Waals surface area contributed by atoms with Gasteiger partial charge in [-0.15, -0.1) is 0 Å². The highest BCUT2D eigenvalue weighted by molar-refractivity contribution is 7.89. The molecule has 1 aromatic carbocycles. The molecular formula is C16H20ClN3O4S2. The monoisotopic (exact) mass is 417 g/mol. The number of piperidine rings is 1. The Kier molecular flexibility index (Phi) is 6.13. The fraction of sp³-hybridized carbons (Fsp3) is 0.500. The van der Waals surface area contributed by atoms with Crippen LogP contribution in [0.5, 0.6) is 0 Å². The molecule has 2 aliphatic heterocycles. The number of ketones is 1. The Balaban J connectivity index is 1.77. The van der Waals surface area contributed by atoms with Crippen molar-refractivity contribution in [2.75, 3.05) is 44.7 Å². The number of ether oxygens (including phenoxy) is 1. The Hall–Kier alpha value is -1.26. The van der Waals surface area contributed by atoms with Gasteiger partial charge in [-0.3, -0.25) is 4.79 Å². The van der Waals surface area contributed by atoms with Crippen LogP contribution < -0.4 is 5.32 Å². The average Bonchev–Trinajstić information content (AvgIpc) is 2.64. The standard InChI is InChI=1S/C16H20ClN3O4S2/c17-14-2-1-13(26(22,23)20-7-9-24-10-8-20)11-15(14)18-16(25)19-5-3-12(21)4-6-19/h1-2,11H,3-10H2,(H,18,25). The molecule has 2 aliphatic rings. The largest absolute Gasteiger partial charge is 0.379 e. The highest BCUT2D eigenvalue weighted by atomic mass is 35.5. The highest BCUT2D eigenvalue weighted by Crippen LogP contribution is 2.28. The van der Waals surface area contributed by atoms with Gasteiger partial charge in [-0.25, -0.2) is 8.42 Å². The molecule has 0 spiro atoms. The lowest BCUT2D eigenvalue weighted by atomic mass is 10.1. The van der Waals surface area contributed by atoms with E-state index in [1.54, 1.807) is 6.07 Å². The number of carbonyl (C=O) groups is 1. The Bertz CT molecular complexity index is 800. The van der Waals surface area contributed by atoms with E-state index in [1.807, 2.05) is 4.90 Å². The van der Waals surface area contributed by atoms with Gasteiger partial charge >= 0.3 is 0 Å². The molecule has 2 saturated heterocycles. The minimum absolute atomic E-state index is 0.155. The first-order valence-corrected chi connectivity index (χ1v) is 10.6. The van der Waals surface area contributed by atoms with Crippen molar-refractivity contribution in [2.24, 2.45) is 0 Å². The van der Waals surface area contributed by atoms with Crippen LogP contribution in [0.2, 0.25) is 5.02 Å². The summed E-state index contributed by atoms with van der Waals surface area (Å²) in [5.41, 5.74) is 0.433. The molecule has 26 heavy (non-hydrogen) atoms. The number of halogens is 1. The molecule has 0 atom stereocenters. The number of Topliss-reactive ketones (excluding diaryl/α,β-unsaturated/α-hetero) is 1. The number of thiocarbonyl (C=S) groups is 1. The first kappa shape index (κ1) is 19.5. The molecule has 0 radical (unpaired) electrons. The Morgan fingerprint density at radius 2 is 1.81 bits per heavy atom. The normalized spacial score (nSPS) is 19.4. The average molecular weight is 418 g/mol. The van der Waals surface area contributed by atoms with E-state index in [9.17, 15) is 13.2 Å². The van der Waals surface area contributed by atoms with Gasteiger partial charge in [-0.05, 0) is 30.4 Å². The van der Waals surface area contributed by atoms with Gasteiger partial charge in [0.15, 0.2) is 5.11 Å². The van der Waals surface area contributed by atoms with Crippen LogP contribution in [0, 0.1) is 0 Å². The maximum atomic E-state index is 12.8. The molecule has 0 amide bonds. The summed E-state index contributed by atoms with van der Waals surface area (Å²) in [5.74, 6) is 0.223. The summed E-state index contributed by atoms with van der Waals surface area (Å²) in [6, 6.07) is 4.52. The lowest BCUT2D eigenvalue weighted by molar-refractivity contribution is -0.120. The number of rotatable bonds is 3. The molecule has 0 saturated carbocycles. The fourth-order valence-corrected chi connectivity index (χ4v) is 4.74. The smallest absolute Gasteiger partial charge is 0.243 e. The van der Waals surface area contributed by atoms with Crippen molar-refractivity contribution in [3.05, 3.63) is 23.2 Å². The van der Waals surface area contributed by atoms with Crippen molar-refractivity contribution in [3.63, 3.8) is 0 Å². The van der Waals surface area contributed by atoms with Gasteiger partial charge in [-0.2, -0.15) is 4.31 Å². The summed E-state index contributed by atoms with van der Waals surface area (Å²) in [4.78, 5) is 13.4. The Morgan fingerprint density at radius 1 is 1.15 bits per heavy atom. The second-order valence-corrected chi connectivity index (χ2v) is 8.85. The summed E-state index contributed by atoms with van der Waals surface area (Å²) in [6.45, 7) is 2.52. The van der Waals surface area contributed by atoms with Crippen molar-refractivity contribution in [2.45, 2.75) is 17.7 Å². The lowest BCUT2D eigenvalue weighted by Gasteiger charge is -2.29. The van der Waals surface area contributed by atoms with E-state index in [2.05, 4.69) is 5.32 Å². The van der Waals surface area contributed by atoms with E-state index >= 15 is 0 Å². The van der Waals surface area contributed by atoms with Crippen molar-refractivity contribution in [1.29, 1.82) is 0 Å². The fourth-order valence-electron chi connectivity index (χ4n) is 2.85. The summed E-state index contributed by atoms with van der Waals surface area (Å²) < 4.78 is 32.2. The SMILES string of the molecule is O=C1CCN(C(=S)Nc2cc(S(=O)(=O)N3CCOCC3)ccc2Cl)CC1. The van der Waals surface area contributed by atoms with Crippen LogP contribution in [0.1, 0.15) is 12.8 Å². The molecule has 3 rings (SSSR count). The van der Waals surface area contributed by atoms with Gasteiger partial charge in [0.1, 0.15) is 5.78 Å². The predicted molar refractivity (Wildman–Crippen MR) is 103 cm³/mol. The van der Waals surface area contributed by atoms with Crippen LogP contribution in [0.3, 0.4) is 0 Å². The highest BCUT2D eigenvalue weighted by Gasteiger charge is 2.27. The zero-order chi connectivity index (χ0) is 18.7. The summed E-state index contributed by atoms with van der Waals surface area (Å²) in [5, 5.41) is 3.82. The first-order valence-electron chi connectivity index (χ1n) is 8.33. The van der Waals surface area contributed by atoms with Crippen LogP contribution in [0.15, 0.2) is 23.1 Å². The molecule has 0 aromatic heterocycles. The van der Waals surface area contributed by atoms with Crippen molar-refractivity contribution < 1.29 is 17.9 Å². The van der Waals surface area contributed by atoms with E-state index in [4.69, 9.17) is 28.6 Å². The molecule has 10 heteroatoms. The first-order chi connectivity index (χ1) is 12.4. The van der Waals surface area contributed by atoms with Gasteiger partial charge < -0.3 is 15.0 Å². The number of anilines is 1. The summed E-state index contributed by atoms with van der Waals surface area (Å²) in [7, 11) is -3.62. The third-order valence-electron chi connectivity index (χ3n) is 4.40. The van der Waals surface area contributed by atoms with Crippen LogP contribution in [0.25, 0.3) is 0 Å². The molecule has 7 nitrogen and oxygen atoms in total. The quantitative estimate of drug-likeness (QED) is 0.750. The Morgan fingerprint density at radius 3 is 2.46 bits per heavy atom. The van der Waals surface area contributed by atoms with Gasteiger partial charge in [0.05, 0.1) is 28.8 Å². The van der Waals surface area contributed by atoms with Crippen molar-refractivity contribution >= 4 is 50.4 Å². The zero-order valence-electron chi connectivity index (χ0n) is 14.1. The molecule has 142 valence electrons. The lowest BCUT2D eigenvalue weighted by Crippen LogP contribution is -2.41. The van der Waals surface area contributed by atoms with Crippen LogP contribution in [-0.2, 0) is 19.6 Å². The summed E-state index contributed by atoms with van der Waals surface area (Å²) >= 11 is 11.6. The number of morpholine rings is 1. The topological polar surface area (TPSA) is 79.0 Å². The molecule has 0 bridgehead atoms. The number of hydrogen-bond acceptors (Lipinski definition) is 5. The van der Waals surface area contributed by atoms with Gasteiger partial charge in [0.2, 0.25) is 10.0 Å². The second-order valence-electron chi connectivity index (χ2n) is 6.11. The number of nitrogens with zero attached hydrogens (tertiary/aromatic N) is 2. The number of benzene rings is 1. The Labute approximate surface area is 163 Å². The van der Waals surface area contributed by atoms with Gasteiger partial charge in [-0.1, -0.05) is 11.6 Å². The molecule has 2 fully saturated rings. The van der Waals surface area contributed by atoms with E-state index in [0.717, 1.165) is 0 Å². The van der Waals surface area contributed by atoms with Gasteiger partial charge in [0.25, 0.3) is 0 Å². The number of likely N-dealkylation sites (tertiary alicyclic amines) is 1. The number of sulfonamides is 1. The molecule has 1 aromatic rings. The van der Waals surface area contributed by atoms with Crippen molar-refractivity contribution in [1.82, 2.24) is 9.21 Å². The van der Waals surface area contributed by atoms with Crippen molar-refractivity contribution in [3.8, 4) is 0 Å². The minimum atomic E-state index is -3.62. The predicted octanol–water partition coefficient (Wildman–Crippen LogP) is 1.72. The van der Waals surface area contributed by atoms with E-state index in [1.165, 1.54) is 16.4 Å². The third-order valence-corrected chi connectivity index (χ3v) is 6.98. The molecule has 2 heterocycles. The third kappa shape index (κ3) is 4.34. The van der Waals surface area contributed by atoms with E-state index in [0.29, 0.717) is 68.1 Å². The van der Waals surface area contributed by atoms with E-state index < -0.39 is 10.0 Å². The summed E-state index contributed by atoms with van der Waals surface area (Å²) in [6.07, 6.45) is 0.919. The number of nitrogens with one attached hydrogen (secondary N) is 1. The molecule has 0 aliphatic carbocycles. The molecular weight excluding hydrogens is 398 g/mol. The van der Waals surface area contributed by atoms with Crippen LogP contribution in [0.4, 0.5) is 5.69 Å². The van der Waals surface area contributed by atoms with Gasteiger partial charge in [0, 0.05) is 39.0 Å². The minimum Gasteiger partial charge on any atom is -0.379 e. The molecule has 0 unspecified atom stereocenters. The number of carbonyl (C=O) groups excluding carboxylic acids is 1. The van der Waals surface area contributed by atoms with Crippen LogP contribution >= 0.6 is 23.8 Å². The van der Waals surface area contributed by atoms with Crippen LogP contribution in [-0.4, -0.2) is 67.9 Å². The molecule has 1 N–H and O–H groups in total. The maximum Gasteiger partial charge on any atom is 0.243 e. The zero-order valence-corrected chi connectivity index (χ0v) is 16.5.